The van der Waals surface area contributed by atoms with Crippen molar-refractivity contribution in [1.29, 1.82) is 0 Å². The number of nitrogens with zero attached hydrogens (tertiary/aromatic N) is 2. The van der Waals surface area contributed by atoms with Crippen LogP contribution in [0.25, 0.3) is 0 Å². The Bertz CT molecular complexity index is 763. The lowest BCUT2D eigenvalue weighted by atomic mass is 9.72. The van der Waals surface area contributed by atoms with Gasteiger partial charge in [-0.2, -0.15) is 0 Å². The molecule has 0 aromatic carbocycles. The second-order valence-corrected chi connectivity index (χ2v) is 9.47. The van der Waals surface area contributed by atoms with Gasteiger partial charge in [-0.25, -0.2) is 0 Å². The summed E-state index contributed by atoms with van der Waals surface area (Å²) in [5.74, 6) is 1.57. The first-order chi connectivity index (χ1) is 11.7. The van der Waals surface area contributed by atoms with Gasteiger partial charge in [0, 0.05) is 17.5 Å². The topological polar surface area (TPSA) is 46.3 Å². The molecular formula is C20H28N2O2S. The Morgan fingerprint density at radius 2 is 2.12 bits per heavy atom. The zero-order valence-electron chi connectivity index (χ0n) is 16.1. The lowest BCUT2D eigenvalue weighted by Gasteiger charge is -2.33. The smallest absolute Gasteiger partial charge is 0.263 e. The van der Waals surface area contributed by atoms with Crippen LogP contribution in [0.5, 0.6) is 0 Å². The largest absolute Gasteiger partial charge is 0.361 e. The van der Waals surface area contributed by atoms with Crippen molar-refractivity contribution in [1.82, 2.24) is 10.1 Å². The Hall–Kier alpha value is -1.62. The predicted molar refractivity (Wildman–Crippen MR) is 101 cm³/mol. The quantitative estimate of drug-likeness (QED) is 0.791. The molecule has 0 radical (unpaired) electrons. The van der Waals surface area contributed by atoms with Crippen LogP contribution in [0.3, 0.4) is 0 Å². The van der Waals surface area contributed by atoms with Gasteiger partial charge < -0.3 is 9.42 Å². The molecule has 0 fully saturated rings. The van der Waals surface area contributed by atoms with Crippen LogP contribution in [0, 0.1) is 25.2 Å². The van der Waals surface area contributed by atoms with Crippen molar-refractivity contribution in [3.63, 3.8) is 0 Å². The summed E-state index contributed by atoms with van der Waals surface area (Å²) in [6, 6.07) is 2.13. The number of amides is 1. The molecular weight excluding hydrogens is 332 g/mol. The molecule has 0 aliphatic heterocycles. The van der Waals surface area contributed by atoms with E-state index in [4.69, 9.17) is 4.52 Å². The number of thiophene rings is 1. The van der Waals surface area contributed by atoms with E-state index in [-0.39, 0.29) is 5.91 Å². The third-order valence-electron chi connectivity index (χ3n) is 5.44. The summed E-state index contributed by atoms with van der Waals surface area (Å²) in [5.41, 5.74) is 3.56. The molecule has 3 rings (SSSR count). The Balaban J connectivity index is 1.75. The molecule has 25 heavy (non-hydrogen) atoms. The molecule has 0 bridgehead atoms. The summed E-state index contributed by atoms with van der Waals surface area (Å²) in [4.78, 5) is 16.9. The molecule has 4 nitrogen and oxygen atoms in total. The van der Waals surface area contributed by atoms with Crippen molar-refractivity contribution < 1.29 is 9.32 Å². The summed E-state index contributed by atoms with van der Waals surface area (Å²) in [7, 11) is 1.85. The third kappa shape index (κ3) is 3.66. The standard InChI is InChI=1S/C20H28N2O2S/c1-12-16(13(2)24-21-12)11-22(6)19(23)18-10-14-9-15(20(3,4)5)7-8-17(14)25-18/h10,15H,7-9,11H2,1-6H3. The number of hydrogen-bond donors (Lipinski definition) is 0. The van der Waals surface area contributed by atoms with E-state index in [1.807, 2.05) is 20.9 Å². The minimum atomic E-state index is 0.0895. The van der Waals surface area contributed by atoms with Gasteiger partial charge in [0.1, 0.15) is 5.76 Å². The van der Waals surface area contributed by atoms with Crippen LogP contribution < -0.4 is 0 Å². The van der Waals surface area contributed by atoms with E-state index in [1.165, 1.54) is 16.9 Å². The molecule has 1 aliphatic carbocycles. The van der Waals surface area contributed by atoms with Gasteiger partial charge in [0.2, 0.25) is 0 Å². The fraction of sp³-hybridized carbons (Fsp3) is 0.600. The molecule has 1 unspecified atom stereocenters. The van der Waals surface area contributed by atoms with Crippen LogP contribution >= 0.6 is 11.3 Å². The number of carbonyl (C=O) groups excluding carboxylic acids is 1. The van der Waals surface area contributed by atoms with Gasteiger partial charge in [0.05, 0.1) is 17.1 Å². The summed E-state index contributed by atoms with van der Waals surface area (Å²) >= 11 is 1.68. The summed E-state index contributed by atoms with van der Waals surface area (Å²) < 4.78 is 5.21. The van der Waals surface area contributed by atoms with E-state index in [0.717, 1.165) is 34.7 Å². The maximum absolute atomic E-state index is 12.9. The Morgan fingerprint density at radius 3 is 2.72 bits per heavy atom. The van der Waals surface area contributed by atoms with Gasteiger partial charge in [-0.05, 0) is 56.1 Å². The van der Waals surface area contributed by atoms with Gasteiger partial charge in [-0.3, -0.25) is 4.79 Å². The average molecular weight is 361 g/mol. The SMILES string of the molecule is Cc1noc(C)c1CN(C)C(=O)c1cc2c(s1)CCC(C(C)(C)C)C2. The first kappa shape index (κ1) is 18.2. The van der Waals surface area contributed by atoms with E-state index in [0.29, 0.717) is 17.9 Å². The fourth-order valence-corrected chi connectivity index (χ4v) is 4.80. The van der Waals surface area contributed by atoms with Crippen molar-refractivity contribution in [2.24, 2.45) is 11.3 Å². The first-order valence-corrected chi connectivity index (χ1v) is 9.77. The van der Waals surface area contributed by atoms with Crippen molar-refractivity contribution in [2.75, 3.05) is 7.05 Å². The maximum Gasteiger partial charge on any atom is 0.263 e. The van der Waals surface area contributed by atoms with E-state index in [2.05, 4.69) is 32.0 Å². The van der Waals surface area contributed by atoms with Crippen molar-refractivity contribution in [3.8, 4) is 0 Å². The Labute approximate surface area is 154 Å². The van der Waals surface area contributed by atoms with Crippen LogP contribution in [-0.4, -0.2) is 23.0 Å². The van der Waals surface area contributed by atoms with Crippen LogP contribution in [0.15, 0.2) is 10.6 Å². The Kier molecular flexibility index (Phi) is 4.80. The second-order valence-electron chi connectivity index (χ2n) is 8.33. The molecule has 0 saturated heterocycles. The van der Waals surface area contributed by atoms with Crippen molar-refractivity contribution >= 4 is 17.2 Å². The normalized spacial score (nSPS) is 17.4. The molecule has 1 amide bonds. The summed E-state index contributed by atoms with van der Waals surface area (Å²) in [5, 5.41) is 3.98. The fourth-order valence-electron chi connectivity index (χ4n) is 3.59. The van der Waals surface area contributed by atoms with Crippen LogP contribution in [-0.2, 0) is 19.4 Å². The molecule has 136 valence electrons. The lowest BCUT2D eigenvalue weighted by molar-refractivity contribution is 0.0789. The number of hydrogen-bond acceptors (Lipinski definition) is 4. The predicted octanol–water partition coefficient (Wildman–Crippen LogP) is 4.78. The van der Waals surface area contributed by atoms with E-state index in [1.54, 1.807) is 16.2 Å². The van der Waals surface area contributed by atoms with Gasteiger partial charge in [0.15, 0.2) is 0 Å². The second kappa shape index (κ2) is 6.60. The lowest BCUT2D eigenvalue weighted by Crippen LogP contribution is -2.26. The summed E-state index contributed by atoms with van der Waals surface area (Å²) in [6.45, 7) is 11.3. The summed E-state index contributed by atoms with van der Waals surface area (Å²) in [6.07, 6.45) is 3.42. The monoisotopic (exact) mass is 360 g/mol. The Morgan fingerprint density at radius 1 is 1.40 bits per heavy atom. The zero-order chi connectivity index (χ0) is 18.4. The van der Waals surface area contributed by atoms with Crippen molar-refractivity contribution in [2.45, 2.75) is 60.4 Å². The van der Waals surface area contributed by atoms with Gasteiger partial charge in [-0.15, -0.1) is 11.3 Å². The molecule has 2 aromatic heterocycles. The molecule has 1 atom stereocenters. The van der Waals surface area contributed by atoms with Gasteiger partial charge in [-0.1, -0.05) is 25.9 Å². The average Bonchev–Trinajstić information content (AvgIpc) is 3.10. The van der Waals surface area contributed by atoms with Gasteiger partial charge >= 0.3 is 0 Å². The molecule has 1 aliphatic rings. The van der Waals surface area contributed by atoms with Crippen molar-refractivity contribution in [3.05, 3.63) is 38.4 Å². The van der Waals surface area contributed by atoms with E-state index in [9.17, 15) is 4.79 Å². The minimum absolute atomic E-state index is 0.0895. The van der Waals surface area contributed by atoms with E-state index < -0.39 is 0 Å². The van der Waals surface area contributed by atoms with Crippen LogP contribution in [0.2, 0.25) is 0 Å². The molecule has 0 N–H and O–H groups in total. The molecule has 0 saturated carbocycles. The van der Waals surface area contributed by atoms with E-state index >= 15 is 0 Å². The van der Waals surface area contributed by atoms with Crippen LogP contribution in [0.1, 0.15) is 64.3 Å². The van der Waals surface area contributed by atoms with Crippen LogP contribution in [0.4, 0.5) is 0 Å². The molecule has 0 spiro atoms. The highest BCUT2D eigenvalue weighted by molar-refractivity contribution is 7.14. The third-order valence-corrected chi connectivity index (χ3v) is 6.67. The number of rotatable bonds is 3. The number of fused-ring (bicyclic) bond motifs is 1. The highest BCUT2D eigenvalue weighted by Crippen LogP contribution is 2.40. The highest BCUT2D eigenvalue weighted by atomic mass is 32.1. The highest BCUT2D eigenvalue weighted by Gasteiger charge is 2.31. The molecule has 2 heterocycles. The number of aryl methyl sites for hydroxylation is 3. The first-order valence-electron chi connectivity index (χ1n) is 8.95. The van der Waals surface area contributed by atoms with Gasteiger partial charge in [0.25, 0.3) is 5.91 Å². The maximum atomic E-state index is 12.9. The minimum Gasteiger partial charge on any atom is -0.361 e. The number of aromatic nitrogens is 1. The molecule has 5 heteroatoms. The number of carbonyl (C=O) groups is 1. The molecule has 2 aromatic rings. The zero-order valence-corrected chi connectivity index (χ0v) is 16.9.